The molecule has 28 heavy (non-hydrogen) atoms. The molecule has 1 N–H and O–H groups in total. The first-order chi connectivity index (χ1) is 13.5. The van der Waals surface area contributed by atoms with Crippen molar-refractivity contribution in [2.24, 2.45) is 0 Å². The lowest BCUT2D eigenvalue weighted by Gasteiger charge is -2.02. The topological polar surface area (TPSA) is 90.4 Å². The molecule has 0 unspecified atom stereocenters. The maximum atomic E-state index is 12.3. The van der Waals surface area contributed by atoms with Crippen LogP contribution >= 0.6 is 11.6 Å². The smallest absolute Gasteiger partial charge is 0.316 e. The molecule has 0 aliphatic rings. The van der Waals surface area contributed by atoms with E-state index in [1.54, 1.807) is 25.3 Å². The first-order valence-electron chi connectivity index (χ1n) is 8.49. The molecule has 4 rings (SSSR count). The molecule has 142 valence electrons. The lowest BCUT2D eigenvalue weighted by Crippen LogP contribution is -2.23. The zero-order chi connectivity index (χ0) is 19.7. The van der Waals surface area contributed by atoms with Crippen molar-refractivity contribution in [1.29, 1.82) is 0 Å². The summed E-state index contributed by atoms with van der Waals surface area (Å²) in [5.41, 5.74) is 2.41. The first-order valence-corrected chi connectivity index (χ1v) is 8.87. The van der Waals surface area contributed by atoms with E-state index in [4.69, 9.17) is 25.3 Å². The molecule has 0 saturated carbocycles. The highest BCUT2D eigenvalue weighted by molar-refractivity contribution is 6.30. The van der Waals surface area contributed by atoms with Crippen LogP contribution in [0.25, 0.3) is 22.6 Å². The standard InChI is InChI=1S/C20H16ClN3O4/c1-11-15-9-14(26-2)7-8-16(15)27-17(11)18-23-20(28-24-18)19(25)22-10-12-3-5-13(21)6-4-12/h3-9H,10H2,1-2H3,(H,22,25). The number of aryl methyl sites for hydroxylation is 1. The Labute approximate surface area is 165 Å². The fourth-order valence-corrected chi connectivity index (χ4v) is 2.93. The molecule has 2 heterocycles. The number of nitrogens with one attached hydrogen (secondary N) is 1. The highest BCUT2D eigenvalue weighted by Crippen LogP contribution is 2.33. The van der Waals surface area contributed by atoms with Crippen LogP contribution in [0.3, 0.4) is 0 Å². The maximum absolute atomic E-state index is 12.3. The summed E-state index contributed by atoms with van der Waals surface area (Å²) < 4.78 is 16.2. The van der Waals surface area contributed by atoms with Gasteiger partial charge in [0, 0.05) is 22.5 Å². The number of furan rings is 1. The molecule has 8 heteroatoms. The van der Waals surface area contributed by atoms with Crippen LogP contribution in [0.15, 0.2) is 51.4 Å². The molecule has 0 radical (unpaired) electrons. The minimum absolute atomic E-state index is 0.138. The summed E-state index contributed by atoms with van der Waals surface area (Å²) in [5.74, 6) is 0.775. The van der Waals surface area contributed by atoms with Crippen molar-refractivity contribution < 1.29 is 18.5 Å². The van der Waals surface area contributed by atoms with Crippen LogP contribution in [0.5, 0.6) is 5.75 Å². The van der Waals surface area contributed by atoms with E-state index >= 15 is 0 Å². The summed E-state index contributed by atoms with van der Waals surface area (Å²) in [5, 5.41) is 8.13. The Morgan fingerprint density at radius 1 is 1.21 bits per heavy atom. The van der Waals surface area contributed by atoms with Crippen molar-refractivity contribution in [3.05, 3.63) is 64.5 Å². The summed E-state index contributed by atoms with van der Waals surface area (Å²) >= 11 is 5.85. The molecule has 2 aromatic heterocycles. The molecule has 2 aromatic carbocycles. The third kappa shape index (κ3) is 3.44. The van der Waals surface area contributed by atoms with Crippen molar-refractivity contribution in [2.75, 3.05) is 7.11 Å². The number of fused-ring (bicyclic) bond motifs is 1. The zero-order valence-electron chi connectivity index (χ0n) is 15.2. The van der Waals surface area contributed by atoms with Gasteiger partial charge in [-0.05, 0) is 42.8 Å². The minimum Gasteiger partial charge on any atom is -0.497 e. The van der Waals surface area contributed by atoms with E-state index in [-0.39, 0.29) is 11.7 Å². The van der Waals surface area contributed by atoms with Gasteiger partial charge >= 0.3 is 11.8 Å². The Balaban J connectivity index is 1.53. The van der Waals surface area contributed by atoms with Crippen LogP contribution in [-0.2, 0) is 6.54 Å². The number of benzene rings is 2. The van der Waals surface area contributed by atoms with Gasteiger partial charge in [0.1, 0.15) is 11.3 Å². The van der Waals surface area contributed by atoms with Crippen molar-refractivity contribution >= 4 is 28.5 Å². The molecule has 0 atom stereocenters. The van der Waals surface area contributed by atoms with Gasteiger partial charge < -0.3 is 19.0 Å². The van der Waals surface area contributed by atoms with Gasteiger partial charge in [-0.1, -0.05) is 28.9 Å². The molecule has 0 aliphatic heterocycles. The van der Waals surface area contributed by atoms with Gasteiger partial charge in [-0.3, -0.25) is 4.79 Å². The predicted molar refractivity (Wildman–Crippen MR) is 103 cm³/mol. The van der Waals surface area contributed by atoms with Crippen molar-refractivity contribution in [3.8, 4) is 17.3 Å². The average Bonchev–Trinajstić information content (AvgIpc) is 3.32. The van der Waals surface area contributed by atoms with E-state index in [0.29, 0.717) is 22.9 Å². The fraction of sp³-hybridized carbons (Fsp3) is 0.150. The van der Waals surface area contributed by atoms with E-state index < -0.39 is 5.91 Å². The van der Waals surface area contributed by atoms with E-state index in [2.05, 4.69) is 15.5 Å². The van der Waals surface area contributed by atoms with Crippen LogP contribution in [0.4, 0.5) is 0 Å². The number of aromatic nitrogens is 2. The summed E-state index contributed by atoms with van der Waals surface area (Å²) in [6.45, 7) is 2.20. The number of amides is 1. The third-order valence-corrected chi connectivity index (χ3v) is 4.59. The number of nitrogens with zero attached hydrogens (tertiary/aromatic N) is 2. The maximum Gasteiger partial charge on any atom is 0.316 e. The molecule has 0 bridgehead atoms. The first kappa shape index (κ1) is 18.1. The molecular formula is C20H16ClN3O4. The van der Waals surface area contributed by atoms with Crippen molar-refractivity contribution in [2.45, 2.75) is 13.5 Å². The highest BCUT2D eigenvalue weighted by Gasteiger charge is 2.21. The molecule has 0 fully saturated rings. The average molecular weight is 398 g/mol. The molecule has 4 aromatic rings. The molecule has 7 nitrogen and oxygen atoms in total. The van der Waals surface area contributed by atoms with Crippen LogP contribution in [0, 0.1) is 6.92 Å². The number of halogens is 1. The number of rotatable bonds is 5. The Kier molecular flexibility index (Phi) is 4.75. The normalized spacial score (nSPS) is 11.0. The number of hydrogen-bond donors (Lipinski definition) is 1. The second-order valence-electron chi connectivity index (χ2n) is 6.15. The Bertz CT molecular complexity index is 1150. The monoisotopic (exact) mass is 397 g/mol. The van der Waals surface area contributed by atoms with Gasteiger partial charge in [-0.25, -0.2) is 0 Å². The lowest BCUT2D eigenvalue weighted by atomic mass is 10.1. The second-order valence-corrected chi connectivity index (χ2v) is 6.59. The van der Waals surface area contributed by atoms with E-state index in [0.717, 1.165) is 22.3 Å². The van der Waals surface area contributed by atoms with Crippen LogP contribution in [0.1, 0.15) is 21.8 Å². The van der Waals surface area contributed by atoms with Gasteiger partial charge in [-0.15, -0.1) is 0 Å². The molecule has 1 amide bonds. The van der Waals surface area contributed by atoms with Gasteiger partial charge in [0.25, 0.3) is 0 Å². The van der Waals surface area contributed by atoms with Gasteiger partial charge in [-0.2, -0.15) is 4.98 Å². The SMILES string of the molecule is COc1ccc2oc(-c3noc(C(=O)NCc4ccc(Cl)cc4)n3)c(C)c2c1. The quantitative estimate of drug-likeness (QED) is 0.537. The number of carbonyl (C=O) groups is 1. The predicted octanol–water partition coefficient (Wildman–Crippen LogP) is 4.38. The van der Waals surface area contributed by atoms with Crippen LogP contribution < -0.4 is 10.1 Å². The Morgan fingerprint density at radius 2 is 2.00 bits per heavy atom. The van der Waals surface area contributed by atoms with Gasteiger partial charge in [0.2, 0.25) is 5.82 Å². The Morgan fingerprint density at radius 3 is 2.75 bits per heavy atom. The summed E-state index contributed by atoms with van der Waals surface area (Å²) in [4.78, 5) is 16.5. The van der Waals surface area contributed by atoms with E-state index in [1.807, 2.05) is 31.2 Å². The fourth-order valence-electron chi connectivity index (χ4n) is 2.81. The lowest BCUT2D eigenvalue weighted by molar-refractivity contribution is 0.0907. The van der Waals surface area contributed by atoms with Crippen LogP contribution in [0.2, 0.25) is 5.02 Å². The van der Waals surface area contributed by atoms with E-state index in [9.17, 15) is 4.79 Å². The number of methoxy groups -OCH3 is 1. The van der Waals surface area contributed by atoms with E-state index in [1.165, 1.54) is 0 Å². The number of hydrogen-bond acceptors (Lipinski definition) is 6. The van der Waals surface area contributed by atoms with Gasteiger partial charge in [0.05, 0.1) is 7.11 Å². The molecule has 0 saturated heterocycles. The van der Waals surface area contributed by atoms with Crippen molar-refractivity contribution in [3.63, 3.8) is 0 Å². The van der Waals surface area contributed by atoms with Gasteiger partial charge in [0.15, 0.2) is 5.76 Å². The minimum atomic E-state index is -0.468. The molecular weight excluding hydrogens is 382 g/mol. The summed E-state index contributed by atoms with van der Waals surface area (Å²) in [7, 11) is 1.60. The van der Waals surface area contributed by atoms with Crippen molar-refractivity contribution in [1.82, 2.24) is 15.5 Å². The highest BCUT2D eigenvalue weighted by atomic mass is 35.5. The third-order valence-electron chi connectivity index (χ3n) is 4.33. The molecule has 0 aliphatic carbocycles. The Hall–Kier alpha value is -3.32. The number of ether oxygens (including phenoxy) is 1. The zero-order valence-corrected chi connectivity index (χ0v) is 15.9. The summed E-state index contributed by atoms with van der Waals surface area (Å²) in [6.07, 6.45) is 0. The largest absolute Gasteiger partial charge is 0.497 e. The van der Waals surface area contributed by atoms with Crippen LogP contribution in [-0.4, -0.2) is 23.2 Å². The summed E-state index contributed by atoms with van der Waals surface area (Å²) in [6, 6.07) is 12.7. The number of carbonyl (C=O) groups excluding carboxylic acids is 1. The molecule has 0 spiro atoms. The second kappa shape index (κ2) is 7.36.